The maximum absolute atomic E-state index is 11.0. The van der Waals surface area contributed by atoms with Gasteiger partial charge in [-0.15, -0.1) is 0 Å². The summed E-state index contributed by atoms with van der Waals surface area (Å²) in [6.45, 7) is 1.78. The second kappa shape index (κ2) is 7.00. The minimum Gasteiger partial charge on any atom is -0.478 e. The van der Waals surface area contributed by atoms with Gasteiger partial charge in [-0.05, 0) is 48.4 Å². The topological polar surface area (TPSA) is 84.3 Å². The lowest BCUT2D eigenvalue weighted by molar-refractivity contribution is 0.0697. The average Bonchev–Trinajstić information content (AvgIpc) is 2.64. The molecule has 25 heavy (non-hydrogen) atoms. The Morgan fingerprint density at radius 2 is 1.72 bits per heavy atom. The zero-order valence-electron chi connectivity index (χ0n) is 13.9. The number of nitrogens with zero attached hydrogens (tertiary/aromatic N) is 2. The van der Waals surface area contributed by atoms with Crippen LogP contribution in [-0.2, 0) is 0 Å². The Kier molecular flexibility index (Phi) is 4.61. The molecule has 0 aliphatic rings. The number of nitrogens with one attached hydrogen (secondary N) is 1. The van der Waals surface area contributed by atoms with Gasteiger partial charge in [0.05, 0.1) is 5.56 Å². The summed E-state index contributed by atoms with van der Waals surface area (Å²) in [6, 6.07) is 12.8. The third-order valence-electron chi connectivity index (χ3n) is 3.76. The summed E-state index contributed by atoms with van der Waals surface area (Å²) in [5.74, 6) is -0.448. The van der Waals surface area contributed by atoms with Crippen molar-refractivity contribution in [3.05, 3.63) is 66.0 Å². The molecule has 3 aromatic rings. The monoisotopic (exact) mass is 335 g/mol. The highest BCUT2D eigenvalue weighted by Crippen LogP contribution is 2.25. The van der Waals surface area contributed by atoms with E-state index in [0.29, 0.717) is 11.3 Å². The summed E-state index contributed by atoms with van der Waals surface area (Å²) >= 11 is 0. The van der Waals surface area contributed by atoms with Crippen LogP contribution >= 0.6 is 0 Å². The van der Waals surface area contributed by atoms with Crippen LogP contribution in [0.5, 0.6) is 11.8 Å². The molecule has 0 saturated carbocycles. The van der Waals surface area contributed by atoms with E-state index in [2.05, 4.69) is 15.3 Å². The third-order valence-corrected chi connectivity index (χ3v) is 3.76. The molecule has 6 nitrogen and oxygen atoms in total. The van der Waals surface area contributed by atoms with E-state index in [1.807, 2.05) is 31.3 Å². The zero-order chi connectivity index (χ0) is 17.8. The van der Waals surface area contributed by atoms with Crippen LogP contribution in [0.3, 0.4) is 0 Å². The maximum atomic E-state index is 11.0. The first kappa shape index (κ1) is 16.4. The summed E-state index contributed by atoms with van der Waals surface area (Å²) in [5.41, 5.74) is 3.84. The van der Waals surface area contributed by atoms with Crippen LogP contribution in [0.15, 0.2) is 54.9 Å². The number of aromatic carboxylic acids is 1. The molecule has 126 valence electrons. The number of hydrogen-bond donors (Lipinski definition) is 2. The molecule has 0 atom stereocenters. The second-order valence-corrected chi connectivity index (χ2v) is 5.47. The minimum absolute atomic E-state index is 0.210. The van der Waals surface area contributed by atoms with Crippen LogP contribution < -0.4 is 10.1 Å². The van der Waals surface area contributed by atoms with Crippen molar-refractivity contribution in [1.82, 2.24) is 9.97 Å². The number of aryl methyl sites for hydroxylation is 1. The first-order valence-electron chi connectivity index (χ1n) is 7.69. The largest absolute Gasteiger partial charge is 0.478 e. The summed E-state index contributed by atoms with van der Waals surface area (Å²) in [4.78, 5) is 19.4. The highest BCUT2D eigenvalue weighted by atomic mass is 16.5. The number of benzene rings is 2. The van der Waals surface area contributed by atoms with Crippen molar-refractivity contribution >= 4 is 11.7 Å². The van der Waals surface area contributed by atoms with Crippen molar-refractivity contribution in [2.24, 2.45) is 0 Å². The fourth-order valence-corrected chi connectivity index (χ4v) is 2.34. The number of carboxylic acids is 1. The molecular weight excluding hydrogens is 318 g/mol. The molecule has 0 spiro atoms. The SMILES string of the molecule is CNc1ccc(-c2cnc(Oc3ccc(C(=O)O)cc3C)nc2)cc1. The quantitative estimate of drug-likeness (QED) is 0.733. The molecular formula is C19H17N3O3. The van der Waals surface area contributed by atoms with Crippen molar-refractivity contribution < 1.29 is 14.6 Å². The van der Waals surface area contributed by atoms with Crippen LogP contribution in [0.2, 0.25) is 0 Å². The van der Waals surface area contributed by atoms with Gasteiger partial charge in [0, 0.05) is 30.7 Å². The van der Waals surface area contributed by atoms with Gasteiger partial charge in [0.2, 0.25) is 0 Å². The fourth-order valence-electron chi connectivity index (χ4n) is 2.34. The van der Waals surface area contributed by atoms with Crippen LogP contribution in [0.25, 0.3) is 11.1 Å². The molecule has 1 aromatic heterocycles. The highest BCUT2D eigenvalue weighted by Gasteiger charge is 2.09. The van der Waals surface area contributed by atoms with E-state index in [1.165, 1.54) is 6.07 Å². The van der Waals surface area contributed by atoms with Crippen molar-refractivity contribution in [1.29, 1.82) is 0 Å². The molecule has 2 N–H and O–H groups in total. The third kappa shape index (κ3) is 3.74. The molecule has 0 aliphatic heterocycles. The molecule has 0 bridgehead atoms. The first-order valence-corrected chi connectivity index (χ1v) is 7.69. The Morgan fingerprint density at radius 3 is 2.28 bits per heavy atom. The lowest BCUT2D eigenvalue weighted by Gasteiger charge is -2.08. The molecule has 3 rings (SSSR count). The van der Waals surface area contributed by atoms with E-state index < -0.39 is 5.97 Å². The fraction of sp³-hybridized carbons (Fsp3) is 0.105. The lowest BCUT2D eigenvalue weighted by Crippen LogP contribution is -1.98. The van der Waals surface area contributed by atoms with E-state index in [1.54, 1.807) is 31.5 Å². The predicted octanol–water partition coefficient (Wildman–Crippen LogP) is 3.98. The average molecular weight is 335 g/mol. The molecule has 0 aliphatic carbocycles. The van der Waals surface area contributed by atoms with E-state index >= 15 is 0 Å². The number of aromatic nitrogens is 2. The molecule has 2 aromatic carbocycles. The smallest absolute Gasteiger partial charge is 0.335 e. The Morgan fingerprint density at radius 1 is 1.04 bits per heavy atom. The van der Waals surface area contributed by atoms with Crippen molar-refractivity contribution in [3.63, 3.8) is 0 Å². The van der Waals surface area contributed by atoms with E-state index in [9.17, 15) is 4.79 Å². The lowest BCUT2D eigenvalue weighted by atomic mass is 10.1. The molecule has 0 radical (unpaired) electrons. The summed E-state index contributed by atoms with van der Waals surface area (Å²) in [7, 11) is 1.87. The standard InChI is InChI=1S/C19H17N3O3/c1-12-9-14(18(23)24)5-8-17(12)25-19-21-10-15(11-22-19)13-3-6-16(20-2)7-4-13/h3-11,20H,1-2H3,(H,23,24). The molecule has 0 fully saturated rings. The summed E-state index contributed by atoms with van der Waals surface area (Å²) in [5, 5.41) is 12.1. The van der Waals surface area contributed by atoms with Gasteiger partial charge in [0.15, 0.2) is 0 Å². The van der Waals surface area contributed by atoms with Gasteiger partial charge in [-0.2, -0.15) is 0 Å². The van der Waals surface area contributed by atoms with Gasteiger partial charge in [-0.3, -0.25) is 0 Å². The number of carbonyl (C=O) groups is 1. The Labute approximate surface area is 145 Å². The first-order chi connectivity index (χ1) is 12.1. The molecule has 6 heteroatoms. The van der Waals surface area contributed by atoms with Gasteiger partial charge in [0.1, 0.15) is 5.75 Å². The van der Waals surface area contributed by atoms with E-state index in [-0.39, 0.29) is 11.6 Å². The van der Waals surface area contributed by atoms with E-state index in [0.717, 1.165) is 16.8 Å². The van der Waals surface area contributed by atoms with E-state index in [4.69, 9.17) is 9.84 Å². The second-order valence-electron chi connectivity index (χ2n) is 5.47. The van der Waals surface area contributed by atoms with Gasteiger partial charge in [0.25, 0.3) is 0 Å². The van der Waals surface area contributed by atoms with Crippen molar-refractivity contribution in [2.75, 3.05) is 12.4 Å². The van der Waals surface area contributed by atoms with Gasteiger partial charge in [-0.25, -0.2) is 14.8 Å². The van der Waals surface area contributed by atoms with Gasteiger partial charge in [-0.1, -0.05) is 12.1 Å². The zero-order valence-corrected chi connectivity index (χ0v) is 13.9. The maximum Gasteiger partial charge on any atom is 0.335 e. The molecule has 0 unspecified atom stereocenters. The Balaban J connectivity index is 1.77. The number of hydrogen-bond acceptors (Lipinski definition) is 5. The predicted molar refractivity (Wildman–Crippen MR) is 95.2 cm³/mol. The Bertz CT molecular complexity index is 891. The molecule has 0 saturated heterocycles. The molecule has 1 heterocycles. The summed E-state index contributed by atoms with van der Waals surface area (Å²) in [6.07, 6.45) is 3.38. The van der Waals surface area contributed by atoms with Crippen molar-refractivity contribution in [3.8, 4) is 22.9 Å². The Hall–Kier alpha value is -3.41. The number of ether oxygens (including phenoxy) is 1. The van der Waals surface area contributed by atoms with Crippen molar-refractivity contribution in [2.45, 2.75) is 6.92 Å². The summed E-state index contributed by atoms with van der Waals surface area (Å²) < 4.78 is 5.65. The van der Waals surface area contributed by atoms with Gasteiger partial charge < -0.3 is 15.2 Å². The van der Waals surface area contributed by atoms with Gasteiger partial charge >= 0.3 is 12.0 Å². The molecule has 0 amide bonds. The number of carboxylic acid groups (broad SMARTS) is 1. The van der Waals surface area contributed by atoms with Crippen LogP contribution in [-0.4, -0.2) is 28.1 Å². The van der Waals surface area contributed by atoms with Crippen LogP contribution in [0.4, 0.5) is 5.69 Å². The number of anilines is 1. The highest BCUT2D eigenvalue weighted by molar-refractivity contribution is 5.88. The minimum atomic E-state index is -0.973. The van der Waals surface area contributed by atoms with Crippen LogP contribution in [0.1, 0.15) is 15.9 Å². The normalized spacial score (nSPS) is 10.3. The number of rotatable bonds is 5. The van der Waals surface area contributed by atoms with Crippen LogP contribution in [0, 0.1) is 6.92 Å².